The molecule has 0 saturated heterocycles. The average Bonchev–Trinajstić information content (AvgIpc) is 2.59. The first-order valence-corrected chi connectivity index (χ1v) is 7.88. The lowest BCUT2D eigenvalue weighted by Gasteiger charge is -2.20. The van der Waals surface area contributed by atoms with Crippen LogP contribution < -0.4 is 4.72 Å². The fraction of sp³-hybridized carbons (Fsp3) is 0.727. The van der Waals surface area contributed by atoms with Crippen LogP contribution in [0.5, 0.6) is 0 Å². The Balaban J connectivity index is 2.93. The summed E-state index contributed by atoms with van der Waals surface area (Å²) in [5, 5.41) is 0.0581. The Kier molecular flexibility index (Phi) is 5.19. The summed E-state index contributed by atoms with van der Waals surface area (Å²) in [4.78, 5) is 4.03. The van der Waals surface area contributed by atoms with Gasteiger partial charge < -0.3 is 4.57 Å². The van der Waals surface area contributed by atoms with Gasteiger partial charge in [-0.05, 0) is 19.3 Å². The maximum absolute atomic E-state index is 12.2. The molecule has 0 bridgehead atoms. The SMILES string of the molecule is Cc1nc(S(=O)(=O)NC(CCCl)C(C)C)cn1C. The third-order valence-electron chi connectivity index (χ3n) is 2.89. The van der Waals surface area contributed by atoms with Gasteiger partial charge in [0, 0.05) is 25.2 Å². The number of halogens is 1. The molecule has 5 nitrogen and oxygen atoms in total. The van der Waals surface area contributed by atoms with Crippen molar-refractivity contribution in [3.63, 3.8) is 0 Å². The molecule has 18 heavy (non-hydrogen) atoms. The van der Waals surface area contributed by atoms with Gasteiger partial charge in [0.05, 0.1) is 0 Å². The second kappa shape index (κ2) is 6.04. The van der Waals surface area contributed by atoms with Crippen LogP contribution in [0.4, 0.5) is 0 Å². The number of aromatic nitrogens is 2. The fourth-order valence-electron chi connectivity index (χ4n) is 1.56. The predicted molar refractivity (Wildman–Crippen MR) is 72.2 cm³/mol. The molecule has 1 aromatic heterocycles. The van der Waals surface area contributed by atoms with Crippen molar-refractivity contribution in [1.82, 2.24) is 14.3 Å². The van der Waals surface area contributed by atoms with Gasteiger partial charge in [-0.1, -0.05) is 13.8 Å². The molecule has 0 spiro atoms. The zero-order valence-electron chi connectivity index (χ0n) is 11.1. The number of hydrogen-bond acceptors (Lipinski definition) is 3. The van der Waals surface area contributed by atoms with Crippen LogP contribution in [-0.4, -0.2) is 29.9 Å². The molecule has 1 rings (SSSR count). The van der Waals surface area contributed by atoms with E-state index in [1.54, 1.807) is 18.5 Å². The Hall–Kier alpha value is -0.590. The molecule has 0 aliphatic heterocycles. The maximum atomic E-state index is 12.2. The summed E-state index contributed by atoms with van der Waals surface area (Å²) in [5.41, 5.74) is 0. The second-order valence-electron chi connectivity index (χ2n) is 4.69. The third kappa shape index (κ3) is 3.70. The molecule has 0 amide bonds. The van der Waals surface area contributed by atoms with E-state index in [4.69, 9.17) is 11.6 Å². The molecule has 1 heterocycles. The van der Waals surface area contributed by atoms with Crippen molar-refractivity contribution in [3.8, 4) is 0 Å². The predicted octanol–water partition coefficient (Wildman–Crippen LogP) is 1.66. The molecular weight excluding hydrogens is 274 g/mol. The first kappa shape index (κ1) is 15.5. The summed E-state index contributed by atoms with van der Waals surface area (Å²) in [6, 6.07) is -0.171. The van der Waals surface area contributed by atoms with Gasteiger partial charge >= 0.3 is 0 Å². The largest absolute Gasteiger partial charge is 0.337 e. The van der Waals surface area contributed by atoms with Crippen LogP contribution in [0, 0.1) is 12.8 Å². The number of nitrogens with one attached hydrogen (secondary N) is 1. The van der Waals surface area contributed by atoms with E-state index in [2.05, 4.69) is 9.71 Å². The first-order chi connectivity index (χ1) is 8.27. The van der Waals surface area contributed by atoms with Crippen LogP contribution in [0.3, 0.4) is 0 Å². The lowest BCUT2D eigenvalue weighted by Crippen LogP contribution is -2.39. The Labute approximate surface area is 114 Å². The van der Waals surface area contributed by atoms with Gasteiger partial charge in [0.1, 0.15) is 5.82 Å². The van der Waals surface area contributed by atoms with Crippen LogP contribution >= 0.6 is 11.6 Å². The molecule has 7 heteroatoms. The number of aryl methyl sites for hydroxylation is 2. The average molecular weight is 294 g/mol. The zero-order chi connectivity index (χ0) is 13.9. The number of imidazole rings is 1. The van der Waals surface area contributed by atoms with Crippen LogP contribution in [0.15, 0.2) is 11.2 Å². The number of nitrogens with zero attached hydrogens (tertiary/aromatic N) is 2. The first-order valence-electron chi connectivity index (χ1n) is 5.86. The van der Waals surface area contributed by atoms with Crippen molar-refractivity contribution in [2.24, 2.45) is 13.0 Å². The van der Waals surface area contributed by atoms with Gasteiger partial charge in [-0.2, -0.15) is 0 Å². The van der Waals surface area contributed by atoms with Gasteiger partial charge in [0.2, 0.25) is 0 Å². The fourth-order valence-corrected chi connectivity index (χ4v) is 3.25. The summed E-state index contributed by atoms with van der Waals surface area (Å²) in [7, 11) is -1.81. The van der Waals surface area contributed by atoms with Crippen LogP contribution in [-0.2, 0) is 17.1 Å². The standard InChI is InChI=1S/C11H20ClN3O2S/c1-8(2)10(5-6-12)14-18(16,17)11-7-15(4)9(3)13-11/h7-8,10,14H,5-6H2,1-4H3. The van der Waals surface area contributed by atoms with Gasteiger partial charge in [0.25, 0.3) is 10.0 Å². The summed E-state index contributed by atoms with van der Waals surface area (Å²) in [5.74, 6) is 1.27. The summed E-state index contributed by atoms with van der Waals surface area (Å²) in [6.45, 7) is 5.69. The number of hydrogen-bond donors (Lipinski definition) is 1. The quantitative estimate of drug-likeness (QED) is 0.811. The molecule has 1 unspecified atom stereocenters. The van der Waals surface area contributed by atoms with E-state index in [9.17, 15) is 8.42 Å². The van der Waals surface area contributed by atoms with Crippen molar-refractivity contribution >= 4 is 21.6 Å². The van der Waals surface area contributed by atoms with Crippen molar-refractivity contribution in [2.75, 3.05) is 5.88 Å². The minimum absolute atomic E-state index is 0.0581. The minimum atomic E-state index is -3.57. The Bertz CT molecular complexity index is 477. The van der Waals surface area contributed by atoms with E-state index < -0.39 is 10.0 Å². The van der Waals surface area contributed by atoms with Gasteiger partial charge in [0.15, 0.2) is 5.03 Å². The highest BCUT2D eigenvalue weighted by Gasteiger charge is 2.24. The Morgan fingerprint density at radius 1 is 1.50 bits per heavy atom. The molecule has 0 saturated carbocycles. The van der Waals surface area contributed by atoms with Crippen molar-refractivity contribution < 1.29 is 8.42 Å². The van der Waals surface area contributed by atoms with E-state index >= 15 is 0 Å². The highest BCUT2D eigenvalue weighted by Crippen LogP contribution is 2.13. The molecule has 0 fully saturated rings. The van der Waals surface area contributed by atoms with Gasteiger partial charge in [-0.3, -0.25) is 0 Å². The van der Waals surface area contributed by atoms with Crippen LogP contribution in [0.2, 0.25) is 0 Å². The smallest absolute Gasteiger partial charge is 0.259 e. The van der Waals surface area contributed by atoms with E-state index in [-0.39, 0.29) is 17.0 Å². The Morgan fingerprint density at radius 2 is 2.11 bits per heavy atom. The molecule has 104 valence electrons. The summed E-state index contributed by atoms with van der Waals surface area (Å²) < 4.78 is 28.7. The molecule has 0 aliphatic carbocycles. The molecule has 0 radical (unpaired) electrons. The van der Waals surface area contributed by atoms with Crippen molar-refractivity contribution in [1.29, 1.82) is 0 Å². The number of alkyl halides is 1. The Morgan fingerprint density at radius 3 is 2.50 bits per heavy atom. The monoisotopic (exact) mass is 293 g/mol. The van der Waals surface area contributed by atoms with E-state index in [0.29, 0.717) is 18.1 Å². The van der Waals surface area contributed by atoms with Crippen molar-refractivity contribution in [3.05, 3.63) is 12.0 Å². The lowest BCUT2D eigenvalue weighted by molar-refractivity contribution is 0.438. The highest BCUT2D eigenvalue weighted by molar-refractivity contribution is 7.89. The molecule has 1 N–H and O–H groups in total. The normalized spacial score (nSPS) is 14.1. The molecule has 1 atom stereocenters. The number of rotatable bonds is 6. The third-order valence-corrected chi connectivity index (χ3v) is 4.47. The highest BCUT2D eigenvalue weighted by atomic mass is 35.5. The lowest BCUT2D eigenvalue weighted by atomic mass is 10.0. The summed E-state index contributed by atoms with van der Waals surface area (Å²) >= 11 is 5.69. The molecule has 1 aromatic rings. The maximum Gasteiger partial charge on any atom is 0.259 e. The van der Waals surface area contributed by atoms with Gasteiger partial charge in [-0.25, -0.2) is 18.1 Å². The minimum Gasteiger partial charge on any atom is -0.337 e. The van der Waals surface area contributed by atoms with E-state index in [1.165, 1.54) is 6.20 Å². The van der Waals surface area contributed by atoms with Crippen molar-refractivity contribution in [2.45, 2.75) is 38.3 Å². The van der Waals surface area contributed by atoms with Gasteiger partial charge in [-0.15, -0.1) is 11.6 Å². The van der Waals surface area contributed by atoms with E-state index in [0.717, 1.165) is 0 Å². The molecular formula is C11H20ClN3O2S. The number of sulfonamides is 1. The topological polar surface area (TPSA) is 64.0 Å². The van der Waals surface area contributed by atoms with E-state index in [1.807, 2.05) is 13.8 Å². The summed E-state index contributed by atoms with van der Waals surface area (Å²) in [6.07, 6.45) is 2.11. The van der Waals surface area contributed by atoms with Crippen LogP contribution in [0.25, 0.3) is 0 Å². The van der Waals surface area contributed by atoms with Crippen LogP contribution in [0.1, 0.15) is 26.1 Å². The molecule has 0 aliphatic rings. The zero-order valence-corrected chi connectivity index (χ0v) is 12.7. The second-order valence-corrected chi connectivity index (χ2v) is 6.73. The molecule has 0 aromatic carbocycles.